The van der Waals surface area contributed by atoms with Gasteiger partial charge in [-0.1, -0.05) is 24.3 Å². The predicted octanol–water partition coefficient (Wildman–Crippen LogP) is 2.76. The van der Waals surface area contributed by atoms with Crippen LogP contribution in [0.5, 0.6) is 0 Å². The second-order valence-corrected chi connectivity index (χ2v) is 7.79. The lowest BCUT2D eigenvalue weighted by molar-refractivity contribution is 0.0974. The maximum absolute atomic E-state index is 13.3. The molecule has 136 valence electrons. The Kier molecular flexibility index (Phi) is 4.06. The molecule has 2 aromatic heterocycles. The molecule has 0 amide bonds. The lowest BCUT2D eigenvalue weighted by atomic mass is 9.84. The highest BCUT2D eigenvalue weighted by Gasteiger charge is 2.34. The van der Waals surface area contributed by atoms with Crippen molar-refractivity contribution in [1.29, 1.82) is 0 Å². The first kappa shape index (κ1) is 16.9. The minimum absolute atomic E-state index is 0.186. The first-order valence-corrected chi connectivity index (χ1v) is 9.68. The minimum atomic E-state index is -0.186. The van der Waals surface area contributed by atoms with Crippen molar-refractivity contribution in [1.82, 2.24) is 28.3 Å². The van der Waals surface area contributed by atoms with Gasteiger partial charge in [-0.3, -0.25) is 9.59 Å². The molecular weight excluding hydrogens is 396 g/mol. The topological polar surface area (TPSA) is 95.6 Å². The summed E-state index contributed by atoms with van der Waals surface area (Å²) in [5.41, 5.74) is 1.55. The molecule has 1 aliphatic rings. The summed E-state index contributed by atoms with van der Waals surface area (Å²) >= 11 is 2.48. The molecule has 0 radical (unpaired) electrons. The molecular formula is C18H10N6O2S2. The van der Waals surface area contributed by atoms with Gasteiger partial charge in [0.25, 0.3) is 0 Å². The van der Waals surface area contributed by atoms with E-state index in [1.165, 1.54) is 36.6 Å². The molecule has 0 saturated heterocycles. The number of benzene rings is 2. The molecule has 8 nitrogen and oxygen atoms in total. The van der Waals surface area contributed by atoms with Crippen LogP contribution >= 0.6 is 23.9 Å². The number of ketones is 2. The Morgan fingerprint density at radius 2 is 1.14 bits per heavy atom. The fourth-order valence-electron chi connectivity index (χ4n) is 3.02. The molecule has 1 aliphatic carbocycles. The zero-order valence-electron chi connectivity index (χ0n) is 14.1. The molecule has 2 aromatic carbocycles. The van der Waals surface area contributed by atoms with Gasteiger partial charge in [-0.15, -0.1) is 10.2 Å². The molecule has 0 N–H and O–H groups in total. The van der Waals surface area contributed by atoms with Gasteiger partial charge in [0.1, 0.15) is 25.3 Å². The van der Waals surface area contributed by atoms with Gasteiger partial charge in [0, 0.05) is 55.9 Å². The SMILES string of the molecule is O=C1c2cccc(Sn3cncn3)c2C(=O)c2cccc(Sn3cncn3)c21. The van der Waals surface area contributed by atoms with Crippen LogP contribution in [0.4, 0.5) is 0 Å². The average molecular weight is 406 g/mol. The van der Waals surface area contributed by atoms with Crippen LogP contribution < -0.4 is 0 Å². The van der Waals surface area contributed by atoms with Crippen LogP contribution in [0.1, 0.15) is 31.8 Å². The molecule has 5 rings (SSSR count). The molecule has 2 heterocycles. The van der Waals surface area contributed by atoms with Gasteiger partial charge in [-0.05, 0) is 12.1 Å². The van der Waals surface area contributed by atoms with Crippen LogP contribution in [0.15, 0.2) is 71.5 Å². The van der Waals surface area contributed by atoms with Crippen molar-refractivity contribution in [2.75, 3.05) is 0 Å². The molecule has 0 saturated carbocycles. The van der Waals surface area contributed by atoms with Crippen LogP contribution in [0.3, 0.4) is 0 Å². The number of nitrogens with zero attached hydrogens (tertiary/aromatic N) is 6. The fraction of sp³-hybridized carbons (Fsp3) is 0. The highest BCUT2D eigenvalue weighted by molar-refractivity contribution is 7.98. The number of hydrogen-bond acceptors (Lipinski definition) is 8. The summed E-state index contributed by atoms with van der Waals surface area (Å²) in [5.74, 6) is -0.372. The Morgan fingerprint density at radius 3 is 1.54 bits per heavy atom. The molecule has 0 aliphatic heterocycles. The third kappa shape index (κ3) is 2.74. The van der Waals surface area contributed by atoms with Crippen molar-refractivity contribution in [3.05, 3.63) is 84.0 Å². The highest BCUT2D eigenvalue weighted by atomic mass is 32.2. The van der Waals surface area contributed by atoms with Crippen molar-refractivity contribution < 1.29 is 9.59 Å². The summed E-state index contributed by atoms with van der Waals surface area (Å²) in [6.45, 7) is 0. The molecule has 10 heteroatoms. The zero-order valence-corrected chi connectivity index (χ0v) is 15.7. The van der Waals surface area contributed by atoms with E-state index in [1.807, 2.05) is 0 Å². The highest BCUT2D eigenvalue weighted by Crippen LogP contribution is 2.37. The van der Waals surface area contributed by atoms with Gasteiger partial charge in [-0.2, -0.15) is 8.17 Å². The molecule has 0 fully saturated rings. The lowest BCUT2D eigenvalue weighted by Crippen LogP contribution is -2.22. The monoisotopic (exact) mass is 406 g/mol. The standard InChI is InChI=1S/C18H10N6O2S2/c25-17-11-3-1-5-13(27-23-9-19-7-21-23)15(11)18(26)12-4-2-6-14(16(12)17)28-24-10-20-8-22-24/h1-10H. The van der Waals surface area contributed by atoms with Crippen LogP contribution in [-0.4, -0.2) is 39.9 Å². The van der Waals surface area contributed by atoms with Crippen molar-refractivity contribution in [2.45, 2.75) is 9.79 Å². The number of rotatable bonds is 4. The summed E-state index contributed by atoms with van der Waals surface area (Å²) < 4.78 is 3.08. The van der Waals surface area contributed by atoms with Gasteiger partial charge in [0.2, 0.25) is 0 Å². The average Bonchev–Trinajstić information content (AvgIpc) is 3.40. The summed E-state index contributed by atoms with van der Waals surface area (Å²) in [5, 5.41) is 8.12. The predicted molar refractivity (Wildman–Crippen MR) is 102 cm³/mol. The van der Waals surface area contributed by atoms with Gasteiger partial charge in [0.05, 0.1) is 0 Å². The van der Waals surface area contributed by atoms with E-state index in [-0.39, 0.29) is 11.6 Å². The third-order valence-corrected chi connectivity index (χ3v) is 6.00. The maximum Gasteiger partial charge on any atom is 0.195 e. The van der Waals surface area contributed by atoms with Crippen LogP contribution in [0.2, 0.25) is 0 Å². The van der Waals surface area contributed by atoms with Crippen molar-refractivity contribution in [3.63, 3.8) is 0 Å². The first-order valence-electron chi connectivity index (χ1n) is 8.14. The van der Waals surface area contributed by atoms with Crippen LogP contribution in [-0.2, 0) is 0 Å². The lowest BCUT2D eigenvalue weighted by Gasteiger charge is -2.21. The van der Waals surface area contributed by atoms with E-state index in [1.54, 1.807) is 57.2 Å². The normalized spacial score (nSPS) is 12.7. The van der Waals surface area contributed by atoms with E-state index >= 15 is 0 Å². The summed E-state index contributed by atoms with van der Waals surface area (Å²) in [6, 6.07) is 10.5. The molecule has 0 unspecified atom stereocenters. The van der Waals surface area contributed by atoms with E-state index in [9.17, 15) is 9.59 Å². The van der Waals surface area contributed by atoms with E-state index in [0.29, 0.717) is 32.0 Å². The molecule has 0 spiro atoms. The number of hydrogen-bond donors (Lipinski definition) is 0. The second kappa shape index (κ2) is 6.73. The zero-order chi connectivity index (χ0) is 19.1. The van der Waals surface area contributed by atoms with Crippen molar-refractivity contribution in [3.8, 4) is 0 Å². The number of carbonyl (C=O) groups is 2. The molecule has 28 heavy (non-hydrogen) atoms. The number of carbonyl (C=O) groups excluding carboxylic acids is 2. The van der Waals surface area contributed by atoms with Gasteiger partial charge in [-0.25, -0.2) is 9.97 Å². The van der Waals surface area contributed by atoms with Crippen molar-refractivity contribution >= 4 is 35.5 Å². The smallest absolute Gasteiger partial charge is 0.195 e. The van der Waals surface area contributed by atoms with Crippen molar-refractivity contribution in [2.24, 2.45) is 0 Å². The molecule has 4 aromatic rings. The Labute approximate surface area is 167 Å². The Morgan fingerprint density at radius 1 is 0.679 bits per heavy atom. The Hall–Kier alpha value is -3.24. The van der Waals surface area contributed by atoms with Gasteiger partial charge >= 0.3 is 0 Å². The third-order valence-electron chi connectivity index (χ3n) is 4.17. The molecule has 0 bridgehead atoms. The first-order chi connectivity index (χ1) is 13.7. The number of fused-ring (bicyclic) bond motifs is 2. The summed E-state index contributed by atoms with van der Waals surface area (Å²) in [6.07, 6.45) is 5.91. The van der Waals surface area contributed by atoms with Gasteiger partial charge < -0.3 is 0 Å². The van der Waals surface area contributed by atoms with E-state index < -0.39 is 0 Å². The summed E-state index contributed by atoms with van der Waals surface area (Å²) in [4.78, 5) is 35.7. The maximum atomic E-state index is 13.3. The quantitative estimate of drug-likeness (QED) is 0.450. The Balaban J connectivity index is 1.62. The van der Waals surface area contributed by atoms with Gasteiger partial charge in [0.15, 0.2) is 11.6 Å². The van der Waals surface area contributed by atoms with E-state index in [4.69, 9.17) is 0 Å². The largest absolute Gasteiger partial charge is 0.289 e. The molecule has 0 atom stereocenters. The Bertz CT molecular complexity index is 1110. The second-order valence-electron chi connectivity index (χ2n) is 5.79. The summed E-state index contributed by atoms with van der Waals surface area (Å²) in [7, 11) is 0. The minimum Gasteiger partial charge on any atom is -0.289 e. The van der Waals surface area contributed by atoms with E-state index in [2.05, 4.69) is 20.2 Å². The van der Waals surface area contributed by atoms with Crippen LogP contribution in [0, 0.1) is 0 Å². The van der Waals surface area contributed by atoms with Crippen LogP contribution in [0.25, 0.3) is 0 Å². The fourth-order valence-corrected chi connectivity index (χ4v) is 4.67. The number of aromatic nitrogens is 6. The van der Waals surface area contributed by atoms with E-state index in [0.717, 1.165) is 0 Å².